The monoisotopic (exact) mass is 269 g/mol. The summed E-state index contributed by atoms with van der Waals surface area (Å²) in [6, 6.07) is 7.91. The maximum Gasteiger partial charge on any atom is 0.139 e. The molecule has 4 nitrogen and oxygen atoms in total. The van der Waals surface area contributed by atoms with E-state index in [1.807, 2.05) is 18.2 Å². The van der Waals surface area contributed by atoms with Gasteiger partial charge in [-0.2, -0.15) is 5.26 Å². The van der Waals surface area contributed by atoms with Crippen molar-refractivity contribution < 1.29 is 4.74 Å². The lowest BCUT2D eigenvalue weighted by Gasteiger charge is -2.15. The van der Waals surface area contributed by atoms with Gasteiger partial charge in [-0.05, 0) is 37.0 Å². The molecule has 0 bridgehead atoms. The number of hydrogen-bond acceptors (Lipinski definition) is 3. The maximum atomic E-state index is 9.02. The number of rotatable bonds is 3. The number of benzene rings is 1. The number of aromatic nitrogens is 2. The molecule has 0 saturated carbocycles. The second-order valence-electron chi connectivity index (χ2n) is 5.79. The van der Waals surface area contributed by atoms with Crippen LogP contribution in [0.4, 0.5) is 0 Å². The first-order valence-electron chi connectivity index (χ1n) is 7.21. The predicted molar refractivity (Wildman–Crippen MR) is 77.2 cm³/mol. The van der Waals surface area contributed by atoms with Crippen LogP contribution in [0.5, 0.6) is 0 Å². The van der Waals surface area contributed by atoms with Gasteiger partial charge in [-0.3, -0.25) is 0 Å². The van der Waals surface area contributed by atoms with Crippen LogP contribution in [0, 0.1) is 17.2 Å². The average molecular weight is 269 g/mol. The number of imidazole rings is 1. The molecule has 1 fully saturated rings. The zero-order valence-electron chi connectivity index (χ0n) is 12.0. The first-order valence-corrected chi connectivity index (χ1v) is 7.21. The van der Waals surface area contributed by atoms with Gasteiger partial charge in [-0.25, -0.2) is 4.98 Å². The third-order valence-corrected chi connectivity index (χ3v) is 3.67. The van der Waals surface area contributed by atoms with E-state index in [-0.39, 0.29) is 6.10 Å². The topological polar surface area (TPSA) is 50.8 Å². The second kappa shape index (κ2) is 5.26. The zero-order chi connectivity index (χ0) is 14.1. The molecule has 3 rings (SSSR count). The minimum Gasteiger partial charge on any atom is -0.370 e. The summed E-state index contributed by atoms with van der Waals surface area (Å²) in [5.41, 5.74) is 2.66. The Hall–Kier alpha value is -1.86. The van der Waals surface area contributed by atoms with Crippen molar-refractivity contribution in [2.75, 3.05) is 6.61 Å². The Morgan fingerprint density at radius 1 is 1.50 bits per heavy atom. The van der Waals surface area contributed by atoms with E-state index in [0.29, 0.717) is 11.5 Å². The molecule has 1 unspecified atom stereocenters. The third-order valence-electron chi connectivity index (χ3n) is 3.67. The summed E-state index contributed by atoms with van der Waals surface area (Å²) in [6.45, 7) is 6.15. The largest absolute Gasteiger partial charge is 0.370 e. The zero-order valence-corrected chi connectivity index (χ0v) is 12.0. The van der Waals surface area contributed by atoms with Gasteiger partial charge in [0.25, 0.3) is 0 Å². The van der Waals surface area contributed by atoms with Gasteiger partial charge < -0.3 is 9.30 Å². The smallest absolute Gasteiger partial charge is 0.139 e. The van der Waals surface area contributed by atoms with Gasteiger partial charge in [0.15, 0.2) is 0 Å². The Morgan fingerprint density at radius 3 is 3.00 bits per heavy atom. The highest BCUT2D eigenvalue weighted by Crippen LogP contribution is 2.31. The molecule has 104 valence electrons. The standard InChI is InChI=1S/C16H19N3O/c1-11(2)10-19-14-6-5-12(9-17)8-13(14)18-16(19)15-4-3-7-20-15/h5-6,8,11,15H,3-4,7,10H2,1-2H3. The van der Waals surface area contributed by atoms with Gasteiger partial charge in [-0.15, -0.1) is 0 Å². The van der Waals surface area contributed by atoms with E-state index >= 15 is 0 Å². The lowest BCUT2D eigenvalue weighted by Crippen LogP contribution is -2.12. The molecule has 20 heavy (non-hydrogen) atoms. The highest BCUT2D eigenvalue weighted by Gasteiger charge is 2.24. The van der Waals surface area contributed by atoms with Gasteiger partial charge in [0.05, 0.1) is 22.7 Å². The predicted octanol–water partition coefficient (Wildman–Crippen LogP) is 3.42. The molecule has 0 spiro atoms. The third kappa shape index (κ3) is 2.30. The highest BCUT2D eigenvalue weighted by molar-refractivity contribution is 5.77. The number of ether oxygens (including phenoxy) is 1. The minimum atomic E-state index is 0.103. The van der Waals surface area contributed by atoms with Gasteiger partial charge in [0.1, 0.15) is 11.9 Å². The van der Waals surface area contributed by atoms with Gasteiger partial charge in [0, 0.05) is 13.2 Å². The van der Waals surface area contributed by atoms with E-state index < -0.39 is 0 Å². The van der Waals surface area contributed by atoms with Crippen molar-refractivity contribution in [1.29, 1.82) is 5.26 Å². The molecular weight excluding hydrogens is 250 g/mol. The fraction of sp³-hybridized carbons (Fsp3) is 0.500. The van der Waals surface area contributed by atoms with Crippen molar-refractivity contribution in [3.8, 4) is 6.07 Å². The molecule has 2 aromatic rings. The Labute approximate surface area is 119 Å². The molecule has 1 aliphatic heterocycles. The summed E-state index contributed by atoms with van der Waals surface area (Å²) < 4.78 is 8.06. The van der Waals surface area contributed by atoms with Crippen LogP contribution in [0.25, 0.3) is 11.0 Å². The molecule has 0 radical (unpaired) electrons. The highest BCUT2D eigenvalue weighted by atomic mass is 16.5. The fourth-order valence-electron chi connectivity index (χ4n) is 2.80. The van der Waals surface area contributed by atoms with Gasteiger partial charge >= 0.3 is 0 Å². The van der Waals surface area contributed by atoms with Crippen LogP contribution in [0.15, 0.2) is 18.2 Å². The van der Waals surface area contributed by atoms with Crippen LogP contribution in [0.3, 0.4) is 0 Å². The molecule has 1 aromatic heterocycles. The van der Waals surface area contributed by atoms with Crippen LogP contribution in [0.2, 0.25) is 0 Å². The molecule has 0 N–H and O–H groups in total. The van der Waals surface area contributed by atoms with Crippen molar-refractivity contribution in [3.63, 3.8) is 0 Å². The first-order chi connectivity index (χ1) is 9.69. The maximum absolute atomic E-state index is 9.02. The Balaban J connectivity index is 2.13. The average Bonchev–Trinajstić information content (AvgIpc) is 3.05. The summed E-state index contributed by atoms with van der Waals surface area (Å²) in [5, 5.41) is 9.02. The van der Waals surface area contributed by atoms with Crippen LogP contribution in [0.1, 0.15) is 44.2 Å². The van der Waals surface area contributed by atoms with Crippen LogP contribution in [-0.4, -0.2) is 16.2 Å². The van der Waals surface area contributed by atoms with Crippen molar-refractivity contribution in [2.45, 2.75) is 39.3 Å². The van der Waals surface area contributed by atoms with Crippen LogP contribution in [-0.2, 0) is 11.3 Å². The molecule has 0 aliphatic carbocycles. The lowest BCUT2D eigenvalue weighted by molar-refractivity contribution is 0.102. The van der Waals surface area contributed by atoms with E-state index in [0.717, 1.165) is 42.9 Å². The summed E-state index contributed by atoms with van der Waals surface area (Å²) in [4.78, 5) is 4.74. The first kappa shape index (κ1) is 13.1. The van der Waals surface area contributed by atoms with E-state index in [9.17, 15) is 0 Å². The molecule has 1 saturated heterocycles. The number of nitrogens with zero attached hydrogens (tertiary/aromatic N) is 3. The quantitative estimate of drug-likeness (QED) is 0.858. The van der Waals surface area contributed by atoms with Crippen LogP contribution >= 0.6 is 0 Å². The number of fused-ring (bicyclic) bond motifs is 1. The van der Waals surface area contributed by atoms with Crippen LogP contribution < -0.4 is 0 Å². The molecule has 1 aliphatic rings. The second-order valence-corrected chi connectivity index (χ2v) is 5.79. The SMILES string of the molecule is CC(C)Cn1c(C2CCCO2)nc2cc(C#N)ccc21. The summed E-state index contributed by atoms with van der Waals surface area (Å²) in [6.07, 6.45) is 2.23. The van der Waals surface area contributed by atoms with Crippen molar-refractivity contribution >= 4 is 11.0 Å². The Morgan fingerprint density at radius 2 is 2.35 bits per heavy atom. The van der Waals surface area contributed by atoms with E-state index in [2.05, 4.69) is 24.5 Å². The van der Waals surface area contributed by atoms with Crippen molar-refractivity contribution in [1.82, 2.24) is 9.55 Å². The minimum absolute atomic E-state index is 0.103. The van der Waals surface area contributed by atoms with Crippen molar-refractivity contribution in [2.24, 2.45) is 5.92 Å². The molecule has 4 heteroatoms. The molecule has 1 aromatic carbocycles. The van der Waals surface area contributed by atoms with Gasteiger partial charge in [0.2, 0.25) is 0 Å². The van der Waals surface area contributed by atoms with Crippen molar-refractivity contribution in [3.05, 3.63) is 29.6 Å². The van der Waals surface area contributed by atoms with E-state index in [1.165, 1.54) is 0 Å². The van der Waals surface area contributed by atoms with E-state index in [4.69, 9.17) is 15.0 Å². The number of hydrogen-bond donors (Lipinski definition) is 0. The Kier molecular flexibility index (Phi) is 3.45. The molecule has 1 atom stereocenters. The molecule has 0 amide bonds. The summed E-state index contributed by atoms with van der Waals surface area (Å²) >= 11 is 0. The van der Waals surface area contributed by atoms with E-state index in [1.54, 1.807) is 0 Å². The summed E-state index contributed by atoms with van der Waals surface area (Å²) in [5.74, 6) is 1.56. The Bertz CT molecular complexity index is 660. The normalized spacial score (nSPS) is 18.8. The molecule has 2 heterocycles. The number of nitriles is 1. The lowest BCUT2D eigenvalue weighted by atomic mass is 10.2. The molecular formula is C16H19N3O. The fourth-order valence-corrected chi connectivity index (χ4v) is 2.80. The van der Waals surface area contributed by atoms with Gasteiger partial charge in [-0.1, -0.05) is 13.8 Å². The summed E-state index contributed by atoms with van der Waals surface area (Å²) in [7, 11) is 0.